The molecule has 1 atom stereocenters. The zero-order valence-electron chi connectivity index (χ0n) is 20.1. The zero-order valence-corrected chi connectivity index (χ0v) is 20.1. The second-order valence-electron chi connectivity index (χ2n) is 10.5. The third-order valence-electron chi connectivity index (χ3n) is 6.85. The van der Waals surface area contributed by atoms with Crippen molar-refractivity contribution in [3.63, 3.8) is 0 Å². The van der Waals surface area contributed by atoms with Crippen LogP contribution in [0.2, 0.25) is 0 Å². The summed E-state index contributed by atoms with van der Waals surface area (Å²) < 4.78 is 2.28. The predicted octanol–water partition coefficient (Wildman–Crippen LogP) is 3.12. The van der Waals surface area contributed by atoms with Gasteiger partial charge in [-0.1, -0.05) is 52.9 Å². The predicted molar refractivity (Wildman–Crippen MR) is 123 cm³/mol. The monoisotopic (exact) mass is 431 g/mol. The van der Waals surface area contributed by atoms with Crippen molar-refractivity contribution in [2.75, 3.05) is 20.6 Å². The Balaban J connectivity index is 1.81. The van der Waals surface area contributed by atoms with Gasteiger partial charge in [0, 0.05) is 26.6 Å². The maximum atomic E-state index is 13.3. The van der Waals surface area contributed by atoms with Crippen LogP contribution in [0.25, 0.3) is 0 Å². The molecule has 0 spiro atoms. The number of amides is 2. The minimum absolute atomic E-state index is 0.181. The van der Waals surface area contributed by atoms with Crippen molar-refractivity contribution in [3.05, 3.63) is 17.2 Å². The fourth-order valence-electron chi connectivity index (χ4n) is 5.03. The van der Waals surface area contributed by atoms with Gasteiger partial charge in [0.25, 0.3) is 5.91 Å². The van der Waals surface area contributed by atoms with Crippen LogP contribution in [0, 0.1) is 11.3 Å². The number of hydrogen-bond donors (Lipinski definition) is 2. The smallest absolute Gasteiger partial charge is 0.272 e. The Morgan fingerprint density at radius 1 is 1.16 bits per heavy atom. The summed E-state index contributed by atoms with van der Waals surface area (Å²) in [6.45, 7) is 8.50. The summed E-state index contributed by atoms with van der Waals surface area (Å²) in [5, 5.41) is 5.66. The maximum absolute atomic E-state index is 13.3. The molecule has 174 valence electrons. The molecular weight excluding hydrogens is 390 g/mol. The van der Waals surface area contributed by atoms with E-state index in [1.807, 2.05) is 20.8 Å². The lowest BCUT2D eigenvalue weighted by atomic mass is 9.86. The van der Waals surface area contributed by atoms with Crippen LogP contribution in [0.3, 0.4) is 0 Å². The van der Waals surface area contributed by atoms with Crippen LogP contribution in [-0.2, 0) is 24.3 Å². The van der Waals surface area contributed by atoms with Crippen molar-refractivity contribution < 1.29 is 9.59 Å². The molecule has 1 unspecified atom stereocenters. The Morgan fingerprint density at radius 2 is 1.87 bits per heavy atom. The Hall–Kier alpha value is -1.89. The van der Waals surface area contributed by atoms with Crippen LogP contribution in [0.4, 0.5) is 0 Å². The number of fused-ring (bicyclic) bond motifs is 1. The molecule has 2 amide bonds. The van der Waals surface area contributed by atoms with Gasteiger partial charge < -0.3 is 20.1 Å². The molecule has 1 aromatic rings. The summed E-state index contributed by atoms with van der Waals surface area (Å²) in [6.07, 6.45) is 9.84. The summed E-state index contributed by atoms with van der Waals surface area (Å²) >= 11 is 0. The number of aromatic nitrogens is 2. The van der Waals surface area contributed by atoms with Crippen molar-refractivity contribution in [2.24, 2.45) is 11.3 Å². The minimum atomic E-state index is -0.614. The summed E-state index contributed by atoms with van der Waals surface area (Å²) in [5.41, 5.74) is 1.08. The van der Waals surface area contributed by atoms with Gasteiger partial charge in [0.15, 0.2) is 5.69 Å². The quantitative estimate of drug-likeness (QED) is 0.695. The SMILES string of the molecule is CNC(=O)C(NC(=O)c1nc(CCCC2CCCC2)n2c1CN(C)CCC2)C(C)(C)C. The second-order valence-corrected chi connectivity index (χ2v) is 10.5. The van der Waals surface area contributed by atoms with E-state index in [4.69, 9.17) is 4.98 Å². The van der Waals surface area contributed by atoms with E-state index in [2.05, 4.69) is 27.1 Å². The van der Waals surface area contributed by atoms with Crippen molar-refractivity contribution in [2.45, 2.75) is 91.3 Å². The van der Waals surface area contributed by atoms with Crippen LogP contribution in [-0.4, -0.2) is 52.9 Å². The molecule has 31 heavy (non-hydrogen) atoms. The van der Waals surface area contributed by atoms with Crippen LogP contribution < -0.4 is 10.6 Å². The van der Waals surface area contributed by atoms with E-state index >= 15 is 0 Å². The third-order valence-corrected chi connectivity index (χ3v) is 6.85. The second kappa shape index (κ2) is 10.2. The van der Waals surface area contributed by atoms with E-state index in [1.54, 1.807) is 7.05 Å². The van der Waals surface area contributed by atoms with E-state index < -0.39 is 11.5 Å². The van der Waals surface area contributed by atoms with Crippen molar-refractivity contribution in [3.8, 4) is 0 Å². The van der Waals surface area contributed by atoms with E-state index in [1.165, 1.54) is 32.1 Å². The molecular formula is C24H41N5O2. The first-order chi connectivity index (χ1) is 14.7. The molecule has 2 N–H and O–H groups in total. The Morgan fingerprint density at radius 3 is 2.52 bits per heavy atom. The molecule has 0 bridgehead atoms. The van der Waals surface area contributed by atoms with Gasteiger partial charge in [0.05, 0.1) is 5.69 Å². The van der Waals surface area contributed by atoms with E-state index in [0.29, 0.717) is 12.2 Å². The third kappa shape index (κ3) is 5.88. The number of imidazole rings is 1. The van der Waals surface area contributed by atoms with E-state index in [-0.39, 0.29) is 11.8 Å². The van der Waals surface area contributed by atoms with Gasteiger partial charge in [0.1, 0.15) is 11.9 Å². The first-order valence-electron chi connectivity index (χ1n) is 12.0. The number of nitrogens with zero attached hydrogens (tertiary/aromatic N) is 3. The molecule has 3 rings (SSSR count). The fraction of sp³-hybridized carbons (Fsp3) is 0.792. The van der Waals surface area contributed by atoms with Crippen molar-refractivity contribution in [1.82, 2.24) is 25.1 Å². The highest BCUT2D eigenvalue weighted by molar-refractivity contribution is 5.97. The number of carbonyl (C=O) groups is 2. The van der Waals surface area contributed by atoms with Crippen molar-refractivity contribution in [1.29, 1.82) is 0 Å². The van der Waals surface area contributed by atoms with Gasteiger partial charge in [-0.25, -0.2) is 4.98 Å². The largest absolute Gasteiger partial charge is 0.357 e. The standard InChI is InChI=1S/C24H41N5O2/c1-24(2,3)21(23(31)25-4)27-22(30)20-18-16-28(5)14-9-15-29(18)19(26-20)13-8-12-17-10-6-7-11-17/h17,21H,6-16H2,1-5H3,(H,25,31)(H,27,30). The molecule has 2 heterocycles. The molecule has 7 heteroatoms. The molecule has 0 radical (unpaired) electrons. The molecule has 0 saturated heterocycles. The molecule has 2 aliphatic rings. The zero-order chi connectivity index (χ0) is 22.6. The molecule has 1 fully saturated rings. The Kier molecular flexibility index (Phi) is 7.78. The maximum Gasteiger partial charge on any atom is 0.272 e. The van der Waals surface area contributed by atoms with E-state index in [0.717, 1.165) is 49.8 Å². The first kappa shape index (κ1) is 23.8. The lowest BCUT2D eigenvalue weighted by Crippen LogP contribution is -2.53. The summed E-state index contributed by atoms with van der Waals surface area (Å²) in [6, 6.07) is -0.614. The number of nitrogens with one attached hydrogen (secondary N) is 2. The molecule has 1 aliphatic heterocycles. The highest BCUT2D eigenvalue weighted by atomic mass is 16.2. The van der Waals surface area contributed by atoms with Gasteiger partial charge in [-0.05, 0) is 37.8 Å². The molecule has 1 aliphatic carbocycles. The number of aryl methyl sites for hydroxylation is 1. The highest BCUT2D eigenvalue weighted by Gasteiger charge is 2.34. The van der Waals surface area contributed by atoms with Crippen molar-refractivity contribution >= 4 is 11.8 Å². The Labute approximate surface area is 187 Å². The summed E-state index contributed by atoms with van der Waals surface area (Å²) in [5.74, 6) is 1.47. The lowest BCUT2D eigenvalue weighted by Gasteiger charge is -2.29. The molecule has 0 aromatic carbocycles. The number of hydrogen-bond acceptors (Lipinski definition) is 4. The summed E-state index contributed by atoms with van der Waals surface area (Å²) in [7, 11) is 3.69. The summed E-state index contributed by atoms with van der Waals surface area (Å²) in [4.78, 5) is 32.9. The van der Waals surface area contributed by atoms with Crippen LogP contribution in [0.15, 0.2) is 0 Å². The van der Waals surface area contributed by atoms with Gasteiger partial charge >= 0.3 is 0 Å². The number of carbonyl (C=O) groups excluding carboxylic acids is 2. The van der Waals surface area contributed by atoms with Gasteiger partial charge in [0.2, 0.25) is 5.91 Å². The Bertz CT molecular complexity index is 774. The topological polar surface area (TPSA) is 79.3 Å². The first-order valence-corrected chi connectivity index (χ1v) is 12.0. The van der Waals surface area contributed by atoms with Crippen LogP contribution >= 0.6 is 0 Å². The normalized spacial score (nSPS) is 19.0. The van der Waals surface area contributed by atoms with E-state index in [9.17, 15) is 9.59 Å². The van der Waals surface area contributed by atoms with Gasteiger partial charge in [-0.15, -0.1) is 0 Å². The van der Waals surface area contributed by atoms with Crippen LogP contribution in [0.1, 0.15) is 87.7 Å². The van der Waals surface area contributed by atoms with Gasteiger partial charge in [-0.2, -0.15) is 0 Å². The minimum Gasteiger partial charge on any atom is -0.357 e. The molecule has 7 nitrogen and oxygen atoms in total. The number of likely N-dealkylation sites (N-methyl/N-ethyl adjacent to an activating group) is 1. The average Bonchev–Trinajstić information content (AvgIpc) is 3.29. The fourth-order valence-corrected chi connectivity index (χ4v) is 5.03. The number of rotatable bonds is 7. The van der Waals surface area contributed by atoms with Gasteiger partial charge in [-0.3, -0.25) is 9.59 Å². The lowest BCUT2D eigenvalue weighted by molar-refractivity contribution is -0.124. The highest BCUT2D eigenvalue weighted by Crippen LogP contribution is 2.29. The average molecular weight is 432 g/mol. The molecule has 1 aromatic heterocycles. The molecule has 1 saturated carbocycles. The van der Waals surface area contributed by atoms with Crippen LogP contribution in [0.5, 0.6) is 0 Å².